The van der Waals surface area contributed by atoms with Gasteiger partial charge in [0.15, 0.2) is 6.04 Å². The number of amides is 7. The number of aliphatic carboxylic acids is 1. The van der Waals surface area contributed by atoms with E-state index in [0.29, 0.717) is 59.2 Å². The van der Waals surface area contributed by atoms with Crippen molar-refractivity contribution in [3.63, 3.8) is 0 Å². The third-order valence-corrected chi connectivity index (χ3v) is 10.9. The number of rotatable bonds is 23. The van der Waals surface area contributed by atoms with Crippen LogP contribution in [0.4, 0.5) is 10.5 Å². The van der Waals surface area contributed by atoms with E-state index in [1.807, 2.05) is 19.0 Å². The van der Waals surface area contributed by atoms with E-state index in [4.69, 9.17) is 4.74 Å². The van der Waals surface area contributed by atoms with Gasteiger partial charge in [-0.05, 0) is 105 Å². The van der Waals surface area contributed by atoms with Gasteiger partial charge in [0.25, 0.3) is 0 Å². The molecule has 0 radical (unpaired) electrons. The lowest BCUT2D eigenvalue weighted by Gasteiger charge is -2.23. The Hall–Kier alpha value is -5.35. The third-order valence-electron chi connectivity index (χ3n) is 8.70. The molecule has 0 fully saturated rings. The highest BCUT2D eigenvalue weighted by molar-refractivity contribution is 8.15. The maximum atomic E-state index is 13.6. The minimum absolute atomic E-state index is 0.196. The van der Waals surface area contributed by atoms with Gasteiger partial charge in [0.1, 0.15) is 33.8 Å². The standard InChI is InChI=1S/C39H58N10O10S2/c1-22(43-31(52)20-41-30(51)19-42-33(54)26(13-9-11-17-49(6)7)48-38(58)59-39(3,4)5)32(53)45-27(12-8-10-16-40-23(2)50)34(55)44-24-14-15-25-29(18-24)61-36(46-25)35-47-28(21-60-35)37(56)57/h14-15,18,22,26-28H,8-13,16-17,19-21H2,1-7H3,(H,40,50)(H,41,51)(H,42,54)(H,43,52)(H,44,55)(H,45,53)(H,48,58)(H,56,57)/t22-,26-,27?,28?/m0/s1. The monoisotopic (exact) mass is 890 g/mol. The lowest BCUT2D eigenvalue weighted by atomic mass is 10.1. The highest BCUT2D eigenvalue weighted by Crippen LogP contribution is 2.31. The molecule has 1 aromatic heterocycles. The number of carboxylic acid groups (broad SMARTS) is 1. The molecule has 336 valence electrons. The lowest BCUT2D eigenvalue weighted by molar-refractivity contribution is -0.137. The SMILES string of the molecule is CC(=O)NCCCCC(NC(=O)[C@H](C)NC(=O)CNC(=O)CNC(=O)[C@H](CCCCN(C)C)NC(=O)OC(C)(C)C)C(=O)Nc1ccc2nc(C3=NC(C(=O)O)CS3)sc2c1. The number of alkyl carbamates (subject to hydrolysis) is 1. The van der Waals surface area contributed by atoms with Gasteiger partial charge in [-0.2, -0.15) is 0 Å². The molecular weight excluding hydrogens is 833 g/mol. The molecule has 2 heterocycles. The molecule has 0 bridgehead atoms. The number of anilines is 1. The quantitative estimate of drug-likeness (QED) is 0.0733. The second-order valence-corrected chi connectivity index (χ2v) is 17.7. The van der Waals surface area contributed by atoms with Crippen LogP contribution < -0.4 is 37.2 Å². The van der Waals surface area contributed by atoms with Crippen molar-refractivity contribution >= 4 is 91.6 Å². The molecular formula is C39H58N10O10S2. The van der Waals surface area contributed by atoms with Crippen molar-refractivity contribution in [1.82, 2.24) is 41.8 Å². The van der Waals surface area contributed by atoms with Crippen LogP contribution in [0.15, 0.2) is 23.2 Å². The number of hydrogen-bond acceptors (Lipinski definition) is 14. The summed E-state index contributed by atoms with van der Waals surface area (Å²) >= 11 is 2.62. The molecule has 3 rings (SSSR count). The number of carboxylic acids is 1. The first-order valence-corrected chi connectivity index (χ1v) is 21.7. The summed E-state index contributed by atoms with van der Waals surface area (Å²) in [6.07, 6.45) is 2.13. The second-order valence-electron chi connectivity index (χ2n) is 15.6. The van der Waals surface area contributed by atoms with E-state index in [0.717, 1.165) is 17.7 Å². The van der Waals surface area contributed by atoms with E-state index >= 15 is 0 Å². The summed E-state index contributed by atoms with van der Waals surface area (Å²) in [5.41, 5.74) is 0.282. The predicted octanol–water partition coefficient (Wildman–Crippen LogP) is 1.33. The van der Waals surface area contributed by atoms with E-state index < -0.39 is 84.5 Å². The summed E-state index contributed by atoms with van der Waals surface area (Å²) in [5.74, 6) is -4.07. The fraction of sp³-hybridized carbons (Fsp3) is 0.590. The van der Waals surface area contributed by atoms with Gasteiger partial charge in [-0.1, -0.05) is 0 Å². The Morgan fingerprint density at radius 3 is 2.18 bits per heavy atom. The van der Waals surface area contributed by atoms with Gasteiger partial charge < -0.3 is 52.0 Å². The number of benzene rings is 1. The van der Waals surface area contributed by atoms with E-state index in [2.05, 4.69) is 47.2 Å². The first-order valence-electron chi connectivity index (χ1n) is 19.9. The summed E-state index contributed by atoms with van der Waals surface area (Å²) < 4.78 is 6.01. The normalized spacial score (nSPS) is 15.1. The van der Waals surface area contributed by atoms with Gasteiger partial charge >= 0.3 is 12.1 Å². The van der Waals surface area contributed by atoms with Crippen LogP contribution in [0.3, 0.4) is 0 Å². The summed E-state index contributed by atoms with van der Waals surface area (Å²) in [5, 5.41) is 28.5. The van der Waals surface area contributed by atoms with Crippen LogP contribution in [0.5, 0.6) is 0 Å². The average Bonchev–Trinajstić information content (AvgIpc) is 3.84. The number of unbranched alkanes of at least 4 members (excludes halogenated alkanes) is 2. The van der Waals surface area contributed by atoms with Crippen molar-refractivity contribution in [2.45, 2.75) is 103 Å². The molecule has 0 spiro atoms. The molecule has 7 amide bonds. The molecule has 2 aromatic rings. The molecule has 20 nitrogen and oxygen atoms in total. The number of hydrogen-bond donors (Lipinski definition) is 8. The molecule has 1 aromatic carbocycles. The van der Waals surface area contributed by atoms with Crippen LogP contribution in [0.2, 0.25) is 0 Å². The third kappa shape index (κ3) is 18.4. The molecule has 22 heteroatoms. The van der Waals surface area contributed by atoms with Crippen LogP contribution in [0, 0.1) is 0 Å². The Bertz CT molecular complexity index is 1930. The van der Waals surface area contributed by atoms with E-state index in [9.17, 15) is 43.5 Å². The van der Waals surface area contributed by atoms with Crippen LogP contribution >= 0.6 is 23.1 Å². The minimum atomic E-state index is -1.12. The first kappa shape index (κ1) is 50.0. The molecule has 1 aliphatic heterocycles. The van der Waals surface area contributed by atoms with Crippen molar-refractivity contribution in [2.24, 2.45) is 4.99 Å². The van der Waals surface area contributed by atoms with Gasteiger partial charge in [0.05, 0.1) is 23.3 Å². The molecule has 0 saturated carbocycles. The topological polar surface area (TPSA) is 279 Å². The van der Waals surface area contributed by atoms with E-state index in [-0.39, 0.29) is 12.3 Å². The number of thioether (sulfide) groups is 1. The molecule has 0 saturated heterocycles. The molecule has 8 N–H and O–H groups in total. The number of ether oxygens (including phenoxy) is 1. The number of thiazole rings is 1. The van der Waals surface area contributed by atoms with Crippen LogP contribution in [-0.2, 0) is 38.3 Å². The summed E-state index contributed by atoms with van der Waals surface area (Å²) in [4.78, 5) is 111. The largest absolute Gasteiger partial charge is 0.480 e. The fourth-order valence-electron chi connectivity index (χ4n) is 5.63. The van der Waals surface area contributed by atoms with Crippen molar-refractivity contribution in [1.29, 1.82) is 0 Å². The number of nitrogens with zero attached hydrogens (tertiary/aromatic N) is 3. The smallest absolute Gasteiger partial charge is 0.408 e. The summed E-state index contributed by atoms with van der Waals surface area (Å²) in [6.45, 7) is 8.06. The molecule has 61 heavy (non-hydrogen) atoms. The lowest BCUT2D eigenvalue weighted by Crippen LogP contribution is -2.53. The highest BCUT2D eigenvalue weighted by Gasteiger charge is 2.28. The number of aromatic nitrogens is 1. The van der Waals surface area contributed by atoms with Crippen molar-refractivity contribution in [3.05, 3.63) is 23.2 Å². The highest BCUT2D eigenvalue weighted by atomic mass is 32.2. The second kappa shape index (κ2) is 24.2. The van der Waals surface area contributed by atoms with Crippen molar-refractivity contribution < 1.29 is 48.2 Å². The van der Waals surface area contributed by atoms with Gasteiger partial charge in [-0.3, -0.25) is 33.8 Å². The number of carbonyl (C=O) groups is 8. The van der Waals surface area contributed by atoms with E-state index in [1.54, 1.807) is 39.0 Å². The number of nitrogens with one attached hydrogen (secondary N) is 7. The van der Waals surface area contributed by atoms with Crippen molar-refractivity contribution in [2.75, 3.05) is 51.3 Å². The van der Waals surface area contributed by atoms with Crippen LogP contribution in [-0.4, -0.2) is 143 Å². The Morgan fingerprint density at radius 1 is 0.869 bits per heavy atom. The van der Waals surface area contributed by atoms with Crippen LogP contribution in [0.1, 0.15) is 78.2 Å². The zero-order valence-corrected chi connectivity index (χ0v) is 37.2. The molecule has 0 aliphatic carbocycles. The van der Waals surface area contributed by atoms with Gasteiger partial charge in [-0.25, -0.2) is 14.6 Å². The molecule has 1 aliphatic rings. The van der Waals surface area contributed by atoms with Gasteiger partial charge in [0, 0.05) is 24.9 Å². The Morgan fingerprint density at radius 2 is 1.54 bits per heavy atom. The molecule has 2 unspecified atom stereocenters. The minimum Gasteiger partial charge on any atom is -0.480 e. The maximum Gasteiger partial charge on any atom is 0.408 e. The zero-order valence-electron chi connectivity index (χ0n) is 35.6. The summed E-state index contributed by atoms with van der Waals surface area (Å²) in [6, 6.07) is 1.14. The maximum absolute atomic E-state index is 13.6. The number of aliphatic imine (C=N–C) groups is 1. The summed E-state index contributed by atoms with van der Waals surface area (Å²) in [7, 11) is 3.85. The average molecular weight is 891 g/mol. The first-order chi connectivity index (χ1) is 28.7. The van der Waals surface area contributed by atoms with Crippen molar-refractivity contribution in [3.8, 4) is 0 Å². The Balaban J connectivity index is 1.55. The number of fused-ring (bicyclic) bond motifs is 1. The molecule has 4 atom stereocenters. The van der Waals surface area contributed by atoms with Crippen LogP contribution in [0.25, 0.3) is 10.2 Å². The predicted molar refractivity (Wildman–Crippen MR) is 232 cm³/mol. The Kier molecular flexibility index (Phi) is 19.8. The number of carbonyl (C=O) groups excluding carboxylic acids is 7. The van der Waals surface area contributed by atoms with E-state index in [1.165, 1.54) is 36.9 Å². The fourth-order valence-corrected chi connectivity index (χ4v) is 7.73. The van der Waals surface area contributed by atoms with Gasteiger partial charge in [-0.15, -0.1) is 23.1 Å². The van der Waals surface area contributed by atoms with Gasteiger partial charge in [0.2, 0.25) is 35.4 Å². The zero-order chi connectivity index (χ0) is 45.3. The Labute approximate surface area is 362 Å².